The SMILES string of the molecule is C[NH+]1CCN(c2ccc(Cl)cc2NC(=O)[C@H]2COc3ccccc3O2)CC1. The van der Waals surface area contributed by atoms with Crippen LogP contribution in [0, 0.1) is 0 Å². The molecule has 2 aromatic rings. The summed E-state index contributed by atoms with van der Waals surface area (Å²) in [6, 6.07) is 13.0. The first kappa shape index (κ1) is 17.9. The van der Waals surface area contributed by atoms with E-state index in [2.05, 4.69) is 17.3 Å². The fourth-order valence-corrected chi connectivity index (χ4v) is 3.55. The highest BCUT2D eigenvalue weighted by Gasteiger charge is 2.28. The van der Waals surface area contributed by atoms with E-state index in [-0.39, 0.29) is 12.5 Å². The molecule has 1 amide bonds. The number of piperazine rings is 1. The molecule has 0 radical (unpaired) electrons. The first-order chi connectivity index (χ1) is 13.1. The zero-order valence-electron chi connectivity index (χ0n) is 15.2. The molecule has 2 aliphatic heterocycles. The number of anilines is 2. The summed E-state index contributed by atoms with van der Waals surface area (Å²) >= 11 is 6.19. The van der Waals surface area contributed by atoms with E-state index in [0.717, 1.165) is 31.9 Å². The second-order valence-corrected chi connectivity index (χ2v) is 7.40. The van der Waals surface area contributed by atoms with Gasteiger partial charge in [0.1, 0.15) is 6.61 Å². The molecule has 6 nitrogen and oxygen atoms in total. The average Bonchev–Trinajstić information content (AvgIpc) is 2.68. The number of likely N-dealkylation sites (N-methyl/N-ethyl adjacent to an activating group) is 1. The highest BCUT2D eigenvalue weighted by Crippen LogP contribution is 2.33. The Morgan fingerprint density at radius 2 is 1.93 bits per heavy atom. The molecule has 2 aliphatic rings. The van der Waals surface area contributed by atoms with Gasteiger partial charge in [-0.2, -0.15) is 0 Å². The third-order valence-electron chi connectivity index (χ3n) is 4.98. The van der Waals surface area contributed by atoms with E-state index in [9.17, 15) is 4.79 Å². The van der Waals surface area contributed by atoms with E-state index in [1.54, 1.807) is 12.1 Å². The number of hydrogen-bond acceptors (Lipinski definition) is 4. The van der Waals surface area contributed by atoms with Gasteiger partial charge in [0.15, 0.2) is 11.5 Å². The van der Waals surface area contributed by atoms with Crippen molar-refractivity contribution in [2.24, 2.45) is 0 Å². The predicted molar refractivity (Wildman–Crippen MR) is 105 cm³/mol. The van der Waals surface area contributed by atoms with Crippen LogP contribution in [-0.2, 0) is 4.79 Å². The van der Waals surface area contributed by atoms with E-state index >= 15 is 0 Å². The van der Waals surface area contributed by atoms with Crippen molar-refractivity contribution in [1.82, 2.24) is 0 Å². The number of carbonyl (C=O) groups is 1. The van der Waals surface area contributed by atoms with E-state index in [4.69, 9.17) is 21.1 Å². The maximum Gasteiger partial charge on any atom is 0.269 e. The van der Waals surface area contributed by atoms with Gasteiger partial charge in [-0.15, -0.1) is 0 Å². The topological polar surface area (TPSA) is 55.2 Å². The van der Waals surface area contributed by atoms with Crippen LogP contribution in [0.5, 0.6) is 11.5 Å². The summed E-state index contributed by atoms with van der Waals surface area (Å²) in [5.41, 5.74) is 1.69. The quantitative estimate of drug-likeness (QED) is 0.835. The van der Waals surface area contributed by atoms with Gasteiger partial charge < -0.3 is 24.6 Å². The molecule has 0 spiro atoms. The van der Waals surface area contributed by atoms with E-state index in [1.807, 2.05) is 30.3 Å². The number of para-hydroxylation sites is 2. The smallest absolute Gasteiger partial charge is 0.269 e. The Labute approximate surface area is 163 Å². The number of hydrogen-bond donors (Lipinski definition) is 2. The van der Waals surface area contributed by atoms with E-state index in [0.29, 0.717) is 22.2 Å². The van der Waals surface area contributed by atoms with Crippen LogP contribution < -0.4 is 24.6 Å². The molecular weight excluding hydrogens is 366 g/mol. The Kier molecular flexibility index (Phi) is 5.09. The number of quaternary nitrogens is 1. The molecule has 0 aromatic heterocycles. The molecule has 7 heteroatoms. The molecule has 27 heavy (non-hydrogen) atoms. The van der Waals surface area contributed by atoms with Crippen LogP contribution in [-0.4, -0.2) is 51.8 Å². The lowest BCUT2D eigenvalue weighted by Crippen LogP contribution is -3.12. The van der Waals surface area contributed by atoms with Crippen molar-refractivity contribution in [3.8, 4) is 11.5 Å². The Morgan fingerprint density at radius 3 is 2.70 bits per heavy atom. The van der Waals surface area contributed by atoms with Gasteiger partial charge in [0.2, 0.25) is 6.10 Å². The van der Waals surface area contributed by atoms with Crippen LogP contribution in [0.2, 0.25) is 5.02 Å². The number of halogens is 1. The summed E-state index contributed by atoms with van der Waals surface area (Å²) in [4.78, 5) is 16.6. The molecule has 142 valence electrons. The number of nitrogens with one attached hydrogen (secondary N) is 2. The Balaban J connectivity index is 1.50. The summed E-state index contributed by atoms with van der Waals surface area (Å²) in [5.74, 6) is 0.995. The molecule has 0 unspecified atom stereocenters. The second-order valence-electron chi connectivity index (χ2n) is 6.96. The predicted octanol–water partition coefficient (Wildman–Crippen LogP) is 1.45. The number of amides is 1. The minimum atomic E-state index is -0.705. The molecule has 0 bridgehead atoms. The summed E-state index contributed by atoms with van der Waals surface area (Å²) in [7, 11) is 2.19. The van der Waals surface area contributed by atoms with Crippen molar-refractivity contribution in [1.29, 1.82) is 0 Å². The van der Waals surface area contributed by atoms with Gasteiger partial charge in [0, 0.05) is 5.02 Å². The Bertz CT molecular complexity index is 837. The molecule has 4 rings (SSSR count). The molecule has 1 atom stereocenters. The minimum absolute atomic E-state index is 0.177. The maximum atomic E-state index is 12.8. The lowest BCUT2D eigenvalue weighted by molar-refractivity contribution is -0.880. The first-order valence-electron chi connectivity index (χ1n) is 9.15. The van der Waals surface area contributed by atoms with Crippen LogP contribution in [0.1, 0.15) is 0 Å². The van der Waals surface area contributed by atoms with Gasteiger partial charge in [-0.25, -0.2) is 0 Å². The molecule has 1 fully saturated rings. The molecule has 2 N–H and O–H groups in total. The fourth-order valence-electron chi connectivity index (χ4n) is 3.38. The number of rotatable bonds is 3. The lowest BCUT2D eigenvalue weighted by Gasteiger charge is -2.33. The van der Waals surface area contributed by atoms with Crippen LogP contribution in [0.4, 0.5) is 11.4 Å². The van der Waals surface area contributed by atoms with Crippen molar-refractivity contribution in [3.63, 3.8) is 0 Å². The molecule has 2 heterocycles. The van der Waals surface area contributed by atoms with Crippen molar-refractivity contribution >= 4 is 28.9 Å². The first-order valence-corrected chi connectivity index (χ1v) is 9.53. The van der Waals surface area contributed by atoms with Crippen LogP contribution in [0.15, 0.2) is 42.5 Å². The highest BCUT2D eigenvalue weighted by atomic mass is 35.5. The van der Waals surface area contributed by atoms with Crippen molar-refractivity contribution in [2.45, 2.75) is 6.10 Å². The van der Waals surface area contributed by atoms with Crippen LogP contribution >= 0.6 is 11.6 Å². The monoisotopic (exact) mass is 388 g/mol. The van der Waals surface area contributed by atoms with Crippen molar-refractivity contribution < 1.29 is 19.2 Å². The number of carbonyl (C=O) groups excluding carboxylic acids is 1. The summed E-state index contributed by atoms with van der Waals surface area (Å²) in [5, 5.41) is 3.57. The van der Waals surface area contributed by atoms with Gasteiger partial charge in [0.25, 0.3) is 5.91 Å². The number of nitrogens with zero attached hydrogens (tertiary/aromatic N) is 1. The normalized spacial score (nSPS) is 19.6. The molecule has 2 aromatic carbocycles. The van der Waals surface area contributed by atoms with Gasteiger partial charge in [-0.05, 0) is 30.3 Å². The molecular formula is C20H23ClN3O3+. The summed E-state index contributed by atoms with van der Waals surface area (Å²) in [6.45, 7) is 4.18. The molecule has 1 saturated heterocycles. The van der Waals surface area contributed by atoms with Gasteiger partial charge in [-0.1, -0.05) is 23.7 Å². The van der Waals surface area contributed by atoms with Gasteiger partial charge in [0.05, 0.1) is 44.6 Å². The summed E-state index contributed by atoms with van der Waals surface area (Å²) in [6.07, 6.45) is -0.705. The standard InChI is InChI=1S/C20H22ClN3O3/c1-23-8-10-24(11-9-23)16-7-6-14(21)12-15(16)22-20(25)19-13-26-17-4-2-3-5-18(17)27-19/h2-7,12,19H,8-11,13H2,1H3,(H,22,25)/p+1/t19-/m1/s1. The van der Waals surface area contributed by atoms with Crippen LogP contribution in [0.25, 0.3) is 0 Å². The largest absolute Gasteiger partial charge is 0.485 e. The second kappa shape index (κ2) is 7.66. The van der Waals surface area contributed by atoms with Gasteiger partial charge >= 0.3 is 0 Å². The summed E-state index contributed by atoms with van der Waals surface area (Å²) < 4.78 is 11.5. The van der Waals surface area contributed by atoms with Gasteiger partial charge in [-0.3, -0.25) is 4.79 Å². The lowest BCUT2D eigenvalue weighted by atomic mass is 10.2. The number of fused-ring (bicyclic) bond motifs is 1. The zero-order chi connectivity index (χ0) is 18.8. The zero-order valence-corrected chi connectivity index (χ0v) is 16.0. The average molecular weight is 389 g/mol. The van der Waals surface area contributed by atoms with E-state index < -0.39 is 6.10 Å². The Morgan fingerprint density at radius 1 is 1.19 bits per heavy atom. The van der Waals surface area contributed by atoms with E-state index in [1.165, 1.54) is 4.90 Å². The minimum Gasteiger partial charge on any atom is -0.485 e. The number of ether oxygens (including phenoxy) is 2. The van der Waals surface area contributed by atoms with Crippen LogP contribution in [0.3, 0.4) is 0 Å². The highest BCUT2D eigenvalue weighted by molar-refractivity contribution is 6.31. The fraction of sp³-hybridized carbons (Fsp3) is 0.350. The van der Waals surface area contributed by atoms with Crippen molar-refractivity contribution in [2.75, 3.05) is 50.1 Å². The third kappa shape index (κ3) is 3.96. The van der Waals surface area contributed by atoms with Crippen molar-refractivity contribution in [3.05, 3.63) is 47.5 Å². The Hall–Kier alpha value is -2.44. The maximum absolute atomic E-state index is 12.8. The third-order valence-corrected chi connectivity index (χ3v) is 5.21. The molecule has 0 saturated carbocycles. The molecule has 0 aliphatic carbocycles. The number of benzene rings is 2.